The lowest BCUT2D eigenvalue weighted by Crippen LogP contribution is -2.37. The summed E-state index contributed by atoms with van der Waals surface area (Å²) in [6.45, 7) is 3.94. The van der Waals surface area contributed by atoms with Gasteiger partial charge >= 0.3 is 11.9 Å². The molecule has 0 N–H and O–H groups in total. The van der Waals surface area contributed by atoms with E-state index in [-0.39, 0.29) is 26.1 Å². The molecule has 0 saturated heterocycles. The normalized spacial score (nSPS) is 14.5. The molecule has 0 aliphatic rings. The van der Waals surface area contributed by atoms with Crippen molar-refractivity contribution in [2.24, 2.45) is 0 Å². The number of likely N-dealkylation sites (N-methyl/N-ethyl adjacent to an activating group) is 1. The second-order valence-electron chi connectivity index (χ2n) is 23.8. The summed E-state index contributed by atoms with van der Waals surface area (Å²) in [5, 5.41) is 0. The molecule has 2 atom stereocenters. The van der Waals surface area contributed by atoms with Gasteiger partial charge in [-0.25, -0.2) is 0 Å². The molecule has 0 radical (unpaired) electrons. The van der Waals surface area contributed by atoms with Crippen molar-refractivity contribution in [1.29, 1.82) is 0 Å². The van der Waals surface area contributed by atoms with E-state index in [2.05, 4.69) is 233 Å². The van der Waals surface area contributed by atoms with E-state index in [1.54, 1.807) is 0 Å². The molecule has 0 aliphatic carbocycles. The number of phosphoric acid groups is 1. The van der Waals surface area contributed by atoms with Gasteiger partial charge in [-0.3, -0.25) is 14.2 Å². The fraction of sp³-hybridized carbons (Fsp3) is 0.537. The highest BCUT2D eigenvalue weighted by atomic mass is 31.2. The van der Waals surface area contributed by atoms with Crippen molar-refractivity contribution < 1.29 is 42.1 Å². The molecule has 0 bridgehead atoms. The maximum Gasteiger partial charge on any atom is 0.306 e. The Bertz CT molecular complexity index is 2360. The average Bonchev–Trinajstić information content (AvgIpc) is 2.14. The van der Waals surface area contributed by atoms with E-state index in [4.69, 9.17) is 18.5 Å². The molecule has 0 amide bonds. The van der Waals surface area contributed by atoms with Gasteiger partial charge < -0.3 is 27.9 Å². The van der Waals surface area contributed by atoms with Gasteiger partial charge in [-0.1, -0.05) is 284 Å². The van der Waals surface area contributed by atoms with Crippen LogP contribution in [0.25, 0.3) is 0 Å². The summed E-state index contributed by atoms with van der Waals surface area (Å²) in [5.41, 5.74) is 0. The highest BCUT2D eigenvalue weighted by Gasteiger charge is 2.22. The fourth-order valence-electron chi connectivity index (χ4n) is 8.64. The van der Waals surface area contributed by atoms with E-state index < -0.39 is 32.5 Å². The minimum Gasteiger partial charge on any atom is -0.756 e. The predicted molar refractivity (Wildman–Crippen MR) is 396 cm³/mol. The molecule has 0 aromatic rings. The summed E-state index contributed by atoms with van der Waals surface area (Å²) in [6, 6.07) is 0. The van der Waals surface area contributed by atoms with Crippen LogP contribution in [0.2, 0.25) is 0 Å². The highest BCUT2D eigenvalue weighted by molar-refractivity contribution is 7.45. The molecular weight excluding hydrogens is 1160 g/mol. The Morgan fingerprint density at radius 1 is 0.337 bits per heavy atom. The maximum absolute atomic E-state index is 12.9. The largest absolute Gasteiger partial charge is 0.756 e. The number of hydrogen-bond donors (Lipinski definition) is 0. The van der Waals surface area contributed by atoms with Crippen LogP contribution in [0.15, 0.2) is 219 Å². The molecule has 0 heterocycles. The van der Waals surface area contributed by atoms with Gasteiger partial charge in [0.25, 0.3) is 7.82 Å². The van der Waals surface area contributed by atoms with Crippen LogP contribution in [-0.4, -0.2) is 70.0 Å². The number of carbonyl (C=O) groups is 2. The van der Waals surface area contributed by atoms with Crippen LogP contribution in [0.4, 0.5) is 0 Å². The Balaban J connectivity index is 4.23. The third-order valence-corrected chi connectivity index (χ3v) is 15.0. The average molecular weight is 1290 g/mol. The van der Waals surface area contributed by atoms with E-state index >= 15 is 0 Å². The predicted octanol–water partition coefficient (Wildman–Crippen LogP) is 23.0. The minimum absolute atomic E-state index is 0.0505. The fourth-order valence-corrected chi connectivity index (χ4v) is 9.37. The van der Waals surface area contributed by atoms with Crippen LogP contribution in [0.1, 0.15) is 232 Å². The summed E-state index contributed by atoms with van der Waals surface area (Å²) in [5.74, 6) is -0.890. The Hall–Kier alpha value is -5.67. The molecule has 0 fully saturated rings. The first-order chi connectivity index (χ1) is 45.0. The standard InChI is InChI=1S/C82H128NO8P/c1-6-8-10-12-14-16-18-20-22-24-26-28-30-32-34-36-38-40-41-43-45-47-49-51-53-55-57-59-61-63-65-67-69-71-73-75-82(85)91-80(79-90-92(86,87)89-77-76-83(3,4)5)78-88-81(84)74-72-70-68-66-64-62-60-58-56-54-52-50-48-46-44-42-39-37-35-33-31-29-27-25-23-21-19-17-15-13-11-9-7-2/h8-11,14-17,20-23,26-29,32-35,38-40,42-43,45-46,48-49,51-52,54-55,57,61,63,80H,6-7,12-13,18-19,24-25,30-31,36-37,41,44,47,50,53,56,58-60,62,64-79H2,1-5H3/b10-8-,11-9-,16-14-,17-15-,22-20-,23-21-,28-26-,29-27-,34-32-,35-33-,40-38-,42-39-,45-43-,48-46-,51-49-,54-52-,57-55-,63-61-. The van der Waals surface area contributed by atoms with Crippen molar-refractivity contribution in [2.75, 3.05) is 47.5 Å². The first-order valence-electron chi connectivity index (χ1n) is 35.4. The zero-order valence-electron chi connectivity index (χ0n) is 58.4. The number of nitrogens with zero attached hydrogens (tertiary/aromatic N) is 1. The van der Waals surface area contributed by atoms with Crippen molar-refractivity contribution in [3.8, 4) is 0 Å². The SMILES string of the molecule is CC/C=C\C/C=C\C/C=C\C/C=C\C/C=C\C/C=C\C/C=C\C/C=C\C/C=C\C/C=C\CCCCCCC(=O)OC(COC(=O)CCCCCCCCCC/C=C\C/C=C\C/C=C\C/C=C\C/C=C\C/C=C\C/C=C\C/C=C\CC)COP(=O)([O-])OCC[N+](C)(C)C. The van der Waals surface area contributed by atoms with Gasteiger partial charge in [0.05, 0.1) is 27.7 Å². The summed E-state index contributed by atoms with van der Waals surface area (Å²) >= 11 is 0. The lowest BCUT2D eigenvalue weighted by Gasteiger charge is -2.28. The van der Waals surface area contributed by atoms with E-state index in [1.807, 2.05) is 21.1 Å². The Labute approximate surface area is 563 Å². The minimum atomic E-state index is -4.67. The quantitative estimate of drug-likeness (QED) is 0.0195. The van der Waals surface area contributed by atoms with Crippen molar-refractivity contribution in [3.63, 3.8) is 0 Å². The molecule has 0 spiro atoms. The molecule has 0 aromatic heterocycles. The molecule has 2 unspecified atom stereocenters. The number of quaternary nitrogens is 1. The number of ether oxygens (including phenoxy) is 2. The zero-order chi connectivity index (χ0) is 66.9. The first kappa shape index (κ1) is 86.3. The van der Waals surface area contributed by atoms with Crippen LogP contribution < -0.4 is 4.89 Å². The molecule has 0 aromatic carbocycles. The summed E-state index contributed by atoms with van der Waals surface area (Å²) in [7, 11) is 1.11. The Morgan fingerprint density at radius 3 is 0.870 bits per heavy atom. The molecule has 9 nitrogen and oxygen atoms in total. The van der Waals surface area contributed by atoms with Gasteiger partial charge in [0.15, 0.2) is 6.10 Å². The van der Waals surface area contributed by atoms with Crippen molar-refractivity contribution in [2.45, 2.75) is 238 Å². The number of esters is 2. The Morgan fingerprint density at radius 2 is 0.587 bits per heavy atom. The first-order valence-corrected chi connectivity index (χ1v) is 36.9. The lowest BCUT2D eigenvalue weighted by molar-refractivity contribution is -0.870. The molecule has 10 heteroatoms. The molecule has 0 saturated carbocycles. The highest BCUT2D eigenvalue weighted by Crippen LogP contribution is 2.38. The van der Waals surface area contributed by atoms with Crippen LogP contribution in [0.5, 0.6) is 0 Å². The van der Waals surface area contributed by atoms with Gasteiger partial charge in [0.2, 0.25) is 0 Å². The third kappa shape index (κ3) is 73.4. The zero-order valence-corrected chi connectivity index (χ0v) is 59.3. The summed E-state index contributed by atoms with van der Waals surface area (Å²) in [4.78, 5) is 38.1. The van der Waals surface area contributed by atoms with Crippen LogP contribution in [-0.2, 0) is 32.7 Å². The van der Waals surface area contributed by atoms with Gasteiger partial charge in [0.1, 0.15) is 19.8 Å². The smallest absolute Gasteiger partial charge is 0.306 e. The summed E-state index contributed by atoms with van der Waals surface area (Å²) < 4.78 is 34.3. The van der Waals surface area contributed by atoms with E-state index in [9.17, 15) is 19.0 Å². The van der Waals surface area contributed by atoms with E-state index in [1.165, 1.54) is 25.7 Å². The van der Waals surface area contributed by atoms with Gasteiger partial charge in [-0.05, 0) is 154 Å². The van der Waals surface area contributed by atoms with Gasteiger partial charge in [-0.2, -0.15) is 0 Å². The maximum atomic E-state index is 12.9. The van der Waals surface area contributed by atoms with Crippen LogP contribution in [0, 0.1) is 0 Å². The lowest BCUT2D eigenvalue weighted by atomic mass is 10.1. The summed E-state index contributed by atoms with van der Waals surface area (Å²) in [6.07, 6.45) is 111. The van der Waals surface area contributed by atoms with Crippen molar-refractivity contribution in [1.82, 2.24) is 0 Å². The van der Waals surface area contributed by atoms with Crippen LogP contribution in [0.3, 0.4) is 0 Å². The van der Waals surface area contributed by atoms with Gasteiger partial charge in [-0.15, -0.1) is 0 Å². The van der Waals surface area contributed by atoms with E-state index in [0.29, 0.717) is 23.9 Å². The number of allylic oxidation sites excluding steroid dienone is 36. The van der Waals surface area contributed by atoms with Crippen molar-refractivity contribution >= 4 is 19.8 Å². The topological polar surface area (TPSA) is 111 Å². The third-order valence-electron chi connectivity index (χ3n) is 14.0. The number of phosphoric ester groups is 1. The molecule has 0 aliphatic heterocycles. The van der Waals surface area contributed by atoms with Crippen LogP contribution >= 0.6 is 7.82 Å². The van der Waals surface area contributed by atoms with Gasteiger partial charge in [0, 0.05) is 12.8 Å². The molecule has 92 heavy (non-hydrogen) atoms. The number of unbranched alkanes of at least 4 members (excludes halogenated alkanes) is 12. The molecule has 0 rings (SSSR count). The van der Waals surface area contributed by atoms with Crippen molar-refractivity contribution in [3.05, 3.63) is 219 Å². The number of rotatable bonds is 62. The number of hydrogen-bond acceptors (Lipinski definition) is 8. The molecular formula is C82H128NO8P. The number of carbonyl (C=O) groups excluding carboxylic acids is 2. The monoisotopic (exact) mass is 1290 g/mol. The Kier molecular flexibility index (Phi) is 65.4. The molecule has 514 valence electrons. The van der Waals surface area contributed by atoms with E-state index in [0.717, 1.165) is 167 Å². The second kappa shape index (κ2) is 69.7. The second-order valence-corrected chi connectivity index (χ2v) is 25.2.